The van der Waals surface area contributed by atoms with Gasteiger partial charge in [0.1, 0.15) is 0 Å². The topological polar surface area (TPSA) is 17.8 Å². The van der Waals surface area contributed by atoms with Gasteiger partial charge in [-0.25, -0.2) is 0 Å². The minimum atomic E-state index is 0.960. The standard InChI is InChI=1S/C19H14N2S/c1-2-21-15-7-5-9-20-19(15)14-10-13-12-6-3-4-8-17(12)22-18(13)11-16(14)21/h3-11H,2H2,1H3. The first kappa shape index (κ1) is 12.2. The van der Waals surface area contributed by atoms with Gasteiger partial charge in [-0.2, -0.15) is 0 Å². The Morgan fingerprint density at radius 3 is 2.73 bits per heavy atom. The van der Waals surface area contributed by atoms with Crippen LogP contribution < -0.4 is 0 Å². The lowest BCUT2D eigenvalue weighted by Crippen LogP contribution is -1.92. The van der Waals surface area contributed by atoms with Gasteiger partial charge in [0.25, 0.3) is 0 Å². The van der Waals surface area contributed by atoms with E-state index in [1.165, 1.54) is 36.6 Å². The highest BCUT2D eigenvalue weighted by molar-refractivity contribution is 7.25. The molecule has 5 aromatic rings. The van der Waals surface area contributed by atoms with Crippen molar-refractivity contribution in [3.63, 3.8) is 0 Å². The van der Waals surface area contributed by atoms with Crippen molar-refractivity contribution in [3.8, 4) is 0 Å². The van der Waals surface area contributed by atoms with Crippen LogP contribution in [0.3, 0.4) is 0 Å². The summed E-state index contributed by atoms with van der Waals surface area (Å²) < 4.78 is 5.07. The summed E-state index contributed by atoms with van der Waals surface area (Å²) in [4.78, 5) is 4.63. The van der Waals surface area contributed by atoms with Gasteiger partial charge >= 0.3 is 0 Å². The van der Waals surface area contributed by atoms with Gasteiger partial charge in [-0.05, 0) is 37.3 Å². The molecule has 0 unspecified atom stereocenters. The van der Waals surface area contributed by atoms with Gasteiger partial charge in [0.15, 0.2) is 0 Å². The summed E-state index contributed by atoms with van der Waals surface area (Å²) >= 11 is 1.87. The van der Waals surface area contributed by atoms with Crippen molar-refractivity contribution >= 4 is 53.4 Å². The molecule has 0 saturated carbocycles. The molecule has 0 spiro atoms. The number of hydrogen-bond donors (Lipinski definition) is 0. The van der Waals surface area contributed by atoms with Crippen LogP contribution >= 0.6 is 11.3 Å². The van der Waals surface area contributed by atoms with Gasteiger partial charge in [0.2, 0.25) is 0 Å². The molecule has 3 heterocycles. The number of hydrogen-bond acceptors (Lipinski definition) is 2. The Kier molecular flexibility index (Phi) is 2.38. The molecule has 106 valence electrons. The molecule has 0 atom stereocenters. The van der Waals surface area contributed by atoms with E-state index in [-0.39, 0.29) is 0 Å². The first-order valence-corrected chi connectivity index (χ1v) is 8.36. The van der Waals surface area contributed by atoms with Crippen molar-refractivity contribution in [2.45, 2.75) is 13.5 Å². The number of rotatable bonds is 1. The molecule has 0 N–H and O–H groups in total. The average Bonchev–Trinajstić information content (AvgIpc) is 3.07. The van der Waals surface area contributed by atoms with Crippen LogP contribution in [0.1, 0.15) is 6.92 Å². The molecule has 0 aliphatic rings. The summed E-state index contributed by atoms with van der Waals surface area (Å²) in [6, 6.07) is 17.5. The molecule has 0 fully saturated rings. The molecule has 2 nitrogen and oxygen atoms in total. The van der Waals surface area contributed by atoms with E-state index in [0.29, 0.717) is 0 Å². The van der Waals surface area contributed by atoms with E-state index in [2.05, 4.69) is 58.9 Å². The predicted octanol–water partition coefficient (Wildman–Crippen LogP) is 5.58. The highest BCUT2D eigenvalue weighted by Crippen LogP contribution is 2.38. The third-order valence-corrected chi connectivity index (χ3v) is 5.57. The zero-order valence-electron chi connectivity index (χ0n) is 12.2. The molecule has 3 aromatic heterocycles. The molecule has 0 amide bonds. The fourth-order valence-corrected chi connectivity index (χ4v) is 4.59. The summed E-state index contributed by atoms with van der Waals surface area (Å²) in [5.41, 5.74) is 3.62. The van der Waals surface area contributed by atoms with Gasteiger partial charge in [0, 0.05) is 38.3 Å². The van der Waals surface area contributed by atoms with Gasteiger partial charge in [-0.15, -0.1) is 11.3 Å². The first-order chi connectivity index (χ1) is 10.9. The van der Waals surface area contributed by atoms with E-state index in [4.69, 9.17) is 0 Å². The Hall–Kier alpha value is -2.39. The second kappa shape index (κ2) is 4.31. The number of benzene rings is 2. The Labute approximate surface area is 131 Å². The van der Waals surface area contributed by atoms with Gasteiger partial charge in [0.05, 0.1) is 16.6 Å². The quantitative estimate of drug-likeness (QED) is 0.395. The van der Waals surface area contributed by atoms with E-state index in [9.17, 15) is 0 Å². The largest absolute Gasteiger partial charge is 0.339 e. The minimum Gasteiger partial charge on any atom is -0.339 e. The lowest BCUT2D eigenvalue weighted by atomic mass is 10.1. The van der Waals surface area contributed by atoms with Crippen molar-refractivity contribution in [1.29, 1.82) is 0 Å². The lowest BCUT2D eigenvalue weighted by molar-refractivity contribution is 0.827. The number of aryl methyl sites for hydroxylation is 1. The maximum atomic E-state index is 4.63. The Bertz CT molecular complexity index is 1160. The summed E-state index contributed by atoms with van der Waals surface area (Å²) in [6.45, 7) is 3.16. The Balaban J connectivity index is 2.06. The molecule has 22 heavy (non-hydrogen) atoms. The third kappa shape index (κ3) is 1.46. The molecule has 0 saturated heterocycles. The van der Waals surface area contributed by atoms with Crippen molar-refractivity contribution in [1.82, 2.24) is 9.55 Å². The molecule has 0 aliphatic heterocycles. The maximum absolute atomic E-state index is 4.63. The van der Waals surface area contributed by atoms with E-state index >= 15 is 0 Å². The highest BCUT2D eigenvalue weighted by Gasteiger charge is 2.13. The van der Waals surface area contributed by atoms with Crippen molar-refractivity contribution in [2.75, 3.05) is 0 Å². The first-order valence-electron chi connectivity index (χ1n) is 7.55. The summed E-state index contributed by atoms with van der Waals surface area (Å²) in [6.07, 6.45) is 1.89. The van der Waals surface area contributed by atoms with E-state index in [1.54, 1.807) is 0 Å². The van der Waals surface area contributed by atoms with E-state index in [0.717, 1.165) is 12.1 Å². The van der Waals surface area contributed by atoms with Gasteiger partial charge in [-0.1, -0.05) is 18.2 Å². The highest BCUT2D eigenvalue weighted by atomic mass is 32.1. The normalized spacial score (nSPS) is 12.0. The second-order valence-electron chi connectivity index (χ2n) is 5.58. The van der Waals surface area contributed by atoms with Crippen LogP contribution in [0.15, 0.2) is 54.7 Å². The molecule has 0 aliphatic carbocycles. The molecule has 3 heteroatoms. The van der Waals surface area contributed by atoms with E-state index < -0.39 is 0 Å². The number of nitrogens with zero attached hydrogens (tertiary/aromatic N) is 2. The summed E-state index contributed by atoms with van der Waals surface area (Å²) in [5, 5.41) is 3.94. The van der Waals surface area contributed by atoms with Crippen LogP contribution in [-0.4, -0.2) is 9.55 Å². The zero-order valence-corrected chi connectivity index (χ0v) is 13.0. The van der Waals surface area contributed by atoms with Crippen LogP contribution in [0.4, 0.5) is 0 Å². The molecular weight excluding hydrogens is 288 g/mol. The summed E-state index contributed by atoms with van der Waals surface area (Å²) in [7, 11) is 0. The van der Waals surface area contributed by atoms with Crippen LogP contribution in [0.5, 0.6) is 0 Å². The van der Waals surface area contributed by atoms with Crippen molar-refractivity contribution in [2.24, 2.45) is 0 Å². The van der Waals surface area contributed by atoms with Crippen LogP contribution in [0.2, 0.25) is 0 Å². The third-order valence-electron chi connectivity index (χ3n) is 4.43. The van der Waals surface area contributed by atoms with Crippen LogP contribution in [0, 0.1) is 0 Å². The predicted molar refractivity (Wildman–Crippen MR) is 95.8 cm³/mol. The fraction of sp³-hybridized carbons (Fsp3) is 0.105. The van der Waals surface area contributed by atoms with Crippen molar-refractivity contribution < 1.29 is 0 Å². The Morgan fingerprint density at radius 1 is 0.909 bits per heavy atom. The zero-order chi connectivity index (χ0) is 14.7. The average molecular weight is 302 g/mol. The number of pyridine rings is 1. The smallest absolute Gasteiger partial charge is 0.0959 e. The van der Waals surface area contributed by atoms with E-state index in [1.807, 2.05) is 23.6 Å². The second-order valence-corrected chi connectivity index (χ2v) is 6.66. The molecular formula is C19H14N2S. The number of aromatic nitrogens is 2. The SMILES string of the molecule is CCn1c2cc3sc4ccccc4c3cc2c2ncccc21. The minimum absolute atomic E-state index is 0.960. The lowest BCUT2D eigenvalue weighted by Gasteiger charge is -2.02. The fourth-order valence-electron chi connectivity index (χ4n) is 3.47. The van der Waals surface area contributed by atoms with Crippen LogP contribution in [-0.2, 0) is 6.54 Å². The summed E-state index contributed by atoms with van der Waals surface area (Å²) in [5.74, 6) is 0. The van der Waals surface area contributed by atoms with Gasteiger partial charge in [-0.3, -0.25) is 4.98 Å². The maximum Gasteiger partial charge on any atom is 0.0959 e. The molecule has 2 aromatic carbocycles. The van der Waals surface area contributed by atoms with Crippen LogP contribution in [0.25, 0.3) is 42.1 Å². The monoisotopic (exact) mass is 302 g/mol. The molecule has 5 rings (SSSR count). The van der Waals surface area contributed by atoms with Crippen molar-refractivity contribution in [3.05, 3.63) is 54.7 Å². The number of thiophene rings is 1. The Morgan fingerprint density at radius 2 is 1.82 bits per heavy atom. The number of fused-ring (bicyclic) bond motifs is 6. The molecule has 0 radical (unpaired) electrons. The van der Waals surface area contributed by atoms with Gasteiger partial charge < -0.3 is 4.57 Å². The molecule has 0 bridgehead atoms.